The Labute approximate surface area is 101 Å². The average Bonchev–Trinajstić information content (AvgIpc) is 2.28. The van der Waals surface area contributed by atoms with E-state index in [9.17, 15) is 14.0 Å². The zero-order valence-electron chi connectivity index (χ0n) is 8.57. The second kappa shape index (κ2) is 5.75. The predicted octanol–water partition coefficient (Wildman–Crippen LogP) is 2.33. The molecule has 0 aliphatic heterocycles. The highest BCUT2D eigenvalue weighted by molar-refractivity contribution is 9.10. The van der Waals surface area contributed by atoms with Crippen molar-refractivity contribution in [3.8, 4) is 0 Å². The summed E-state index contributed by atoms with van der Waals surface area (Å²) in [6, 6.07) is 5.49. The molecule has 0 bridgehead atoms. The number of alkyl halides is 1. The molecule has 5 heteroatoms. The van der Waals surface area contributed by atoms with Gasteiger partial charge < -0.3 is 4.74 Å². The fourth-order valence-electron chi connectivity index (χ4n) is 1.12. The number of hydrogen-bond acceptors (Lipinski definition) is 3. The van der Waals surface area contributed by atoms with Crippen molar-refractivity contribution in [1.82, 2.24) is 0 Å². The minimum atomic E-state index is -1.16. The van der Waals surface area contributed by atoms with Gasteiger partial charge in [0.1, 0.15) is 5.82 Å². The molecule has 0 aliphatic carbocycles. The van der Waals surface area contributed by atoms with E-state index in [-0.39, 0.29) is 12.2 Å². The molecule has 0 N–H and O–H groups in total. The van der Waals surface area contributed by atoms with Crippen LogP contribution in [0.2, 0.25) is 0 Å². The Morgan fingerprint density at radius 3 is 2.62 bits per heavy atom. The number of carbonyl (C=O) groups is 2. The van der Waals surface area contributed by atoms with Gasteiger partial charge in [0, 0.05) is 0 Å². The lowest BCUT2D eigenvalue weighted by molar-refractivity contribution is -0.141. The molecule has 1 atom stereocenters. The highest BCUT2D eigenvalue weighted by Crippen LogP contribution is 2.14. The lowest BCUT2D eigenvalue weighted by Crippen LogP contribution is -2.27. The number of benzene rings is 1. The van der Waals surface area contributed by atoms with E-state index in [1.807, 2.05) is 0 Å². The molecule has 1 rings (SSSR count). The molecule has 0 saturated carbocycles. The highest BCUT2D eigenvalue weighted by atomic mass is 79.9. The van der Waals surface area contributed by atoms with Crippen molar-refractivity contribution in [2.75, 3.05) is 6.61 Å². The first-order chi connectivity index (χ1) is 7.57. The largest absolute Gasteiger partial charge is 0.465 e. The van der Waals surface area contributed by atoms with Gasteiger partial charge in [-0.2, -0.15) is 0 Å². The quantitative estimate of drug-likeness (QED) is 0.370. The Kier molecular flexibility index (Phi) is 4.61. The van der Waals surface area contributed by atoms with E-state index in [0.717, 1.165) is 6.07 Å². The molecule has 0 fully saturated rings. The fraction of sp³-hybridized carbons (Fsp3) is 0.273. The normalized spacial score (nSPS) is 11.9. The van der Waals surface area contributed by atoms with Gasteiger partial charge in [-0.1, -0.05) is 28.1 Å². The summed E-state index contributed by atoms with van der Waals surface area (Å²) in [6.45, 7) is 1.80. The van der Waals surface area contributed by atoms with E-state index >= 15 is 0 Å². The Balaban J connectivity index is 2.86. The van der Waals surface area contributed by atoms with Gasteiger partial charge in [-0.3, -0.25) is 9.59 Å². The predicted molar refractivity (Wildman–Crippen MR) is 60.1 cm³/mol. The lowest BCUT2D eigenvalue weighted by atomic mass is 10.1. The summed E-state index contributed by atoms with van der Waals surface area (Å²) in [5, 5.41) is 0. The molecule has 86 valence electrons. The number of halogens is 2. The lowest BCUT2D eigenvalue weighted by Gasteiger charge is -2.08. The SMILES string of the molecule is CCOC(=O)[C@@H](Br)C(=O)c1ccccc1F. The van der Waals surface area contributed by atoms with Crippen molar-refractivity contribution in [3.63, 3.8) is 0 Å². The maximum atomic E-state index is 13.3. The summed E-state index contributed by atoms with van der Waals surface area (Å²) < 4.78 is 17.9. The number of esters is 1. The summed E-state index contributed by atoms with van der Waals surface area (Å²) in [4.78, 5) is 21.8. The monoisotopic (exact) mass is 288 g/mol. The van der Waals surface area contributed by atoms with E-state index in [0.29, 0.717) is 0 Å². The van der Waals surface area contributed by atoms with Crippen LogP contribution < -0.4 is 0 Å². The van der Waals surface area contributed by atoms with Gasteiger partial charge in [-0.25, -0.2) is 4.39 Å². The van der Waals surface area contributed by atoms with Crippen molar-refractivity contribution in [2.45, 2.75) is 11.8 Å². The highest BCUT2D eigenvalue weighted by Gasteiger charge is 2.27. The van der Waals surface area contributed by atoms with Crippen molar-refractivity contribution in [2.24, 2.45) is 0 Å². The molecule has 1 aromatic rings. The second-order valence-corrected chi connectivity index (χ2v) is 3.87. The van der Waals surface area contributed by atoms with Crippen molar-refractivity contribution >= 4 is 27.7 Å². The van der Waals surface area contributed by atoms with Gasteiger partial charge in [-0.05, 0) is 19.1 Å². The maximum Gasteiger partial charge on any atom is 0.327 e. The van der Waals surface area contributed by atoms with Crippen LogP contribution in [0.15, 0.2) is 24.3 Å². The molecule has 0 unspecified atom stereocenters. The Bertz CT molecular complexity index is 406. The van der Waals surface area contributed by atoms with Gasteiger partial charge in [-0.15, -0.1) is 0 Å². The van der Waals surface area contributed by atoms with Crippen LogP contribution in [0, 0.1) is 5.82 Å². The van der Waals surface area contributed by atoms with Crippen molar-refractivity contribution in [3.05, 3.63) is 35.6 Å². The molecule has 1 aromatic carbocycles. The molecule has 0 spiro atoms. The maximum absolute atomic E-state index is 13.3. The topological polar surface area (TPSA) is 43.4 Å². The molecule has 0 radical (unpaired) electrons. The first-order valence-electron chi connectivity index (χ1n) is 4.67. The Morgan fingerprint density at radius 1 is 1.44 bits per heavy atom. The zero-order chi connectivity index (χ0) is 12.1. The van der Waals surface area contributed by atoms with E-state index < -0.39 is 22.4 Å². The van der Waals surface area contributed by atoms with Crippen LogP contribution in [0.3, 0.4) is 0 Å². The van der Waals surface area contributed by atoms with Crippen molar-refractivity contribution in [1.29, 1.82) is 0 Å². The smallest absolute Gasteiger partial charge is 0.327 e. The molecule has 0 heterocycles. The van der Waals surface area contributed by atoms with Crippen LogP contribution in [0.4, 0.5) is 4.39 Å². The minimum Gasteiger partial charge on any atom is -0.465 e. The number of carbonyl (C=O) groups excluding carboxylic acids is 2. The number of Topliss-reactive ketones (excluding diaryl/α,β-unsaturated/α-hetero) is 1. The number of ether oxygens (including phenoxy) is 1. The van der Waals surface area contributed by atoms with Gasteiger partial charge in [0.25, 0.3) is 0 Å². The van der Waals surface area contributed by atoms with E-state index in [4.69, 9.17) is 0 Å². The van der Waals surface area contributed by atoms with Crippen LogP contribution in [0.25, 0.3) is 0 Å². The van der Waals surface area contributed by atoms with E-state index in [1.54, 1.807) is 6.92 Å². The Hall–Kier alpha value is -1.23. The van der Waals surface area contributed by atoms with Crippen molar-refractivity contribution < 1.29 is 18.7 Å². The third-order valence-electron chi connectivity index (χ3n) is 1.86. The summed E-state index contributed by atoms with van der Waals surface area (Å²) in [5.74, 6) is -2.01. The molecule has 0 aliphatic rings. The summed E-state index contributed by atoms with van der Waals surface area (Å²) in [6.07, 6.45) is 0. The van der Waals surface area contributed by atoms with Gasteiger partial charge in [0.15, 0.2) is 10.6 Å². The number of hydrogen-bond donors (Lipinski definition) is 0. The third-order valence-corrected chi connectivity index (χ3v) is 2.65. The van der Waals surface area contributed by atoms with Crippen LogP contribution >= 0.6 is 15.9 Å². The number of ketones is 1. The third kappa shape index (κ3) is 2.88. The molecular weight excluding hydrogens is 279 g/mol. The minimum absolute atomic E-state index is 0.127. The van der Waals surface area contributed by atoms with Gasteiger partial charge in [0.2, 0.25) is 0 Å². The second-order valence-electron chi connectivity index (χ2n) is 2.96. The molecule has 3 nitrogen and oxygen atoms in total. The Morgan fingerprint density at radius 2 is 2.06 bits per heavy atom. The van der Waals surface area contributed by atoms with E-state index in [1.165, 1.54) is 18.2 Å². The first kappa shape index (κ1) is 12.8. The van der Waals surface area contributed by atoms with E-state index in [2.05, 4.69) is 20.7 Å². The molecule has 16 heavy (non-hydrogen) atoms. The standard InChI is InChI=1S/C11H10BrFO3/c1-2-16-11(15)9(12)10(14)7-5-3-4-6-8(7)13/h3-6,9H,2H2,1H3/t9-/m0/s1. The molecular formula is C11H10BrFO3. The average molecular weight is 289 g/mol. The molecule has 0 saturated heterocycles. The van der Waals surface area contributed by atoms with Crippen LogP contribution in [0.5, 0.6) is 0 Å². The van der Waals surface area contributed by atoms with Crippen LogP contribution in [-0.4, -0.2) is 23.2 Å². The van der Waals surface area contributed by atoms with Crippen LogP contribution in [-0.2, 0) is 9.53 Å². The summed E-state index contributed by atoms with van der Waals surface area (Å²) in [5.41, 5.74) is -0.127. The fourth-order valence-corrected chi connectivity index (χ4v) is 1.50. The summed E-state index contributed by atoms with van der Waals surface area (Å²) >= 11 is 2.89. The number of rotatable bonds is 4. The first-order valence-corrected chi connectivity index (χ1v) is 5.59. The zero-order valence-corrected chi connectivity index (χ0v) is 10.2. The van der Waals surface area contributed by atoms with Gasteiger partial charge >= 0.3 is 5.97 Å². The molecule has 0 aromatic heterocycles. The molecule has 0 amide bonds. The van der Waals surface area contributed by atoms with Crippen LogP contribution in [0.1, 0.15) is 17.3 Å². The van der Waals surface area contributed by atoms with Gasteiger partial charge in [0.05, 0.1) is 12.2 Å². The summed E-state index contributed by atoms with van der Waals surface area (Å²) in [7, 11) is 0.